The molecule has 0 aromatic heterocycles. The van der Waals surface area contributed by atoms with E-state index < -0.39 is 11.5 Å². The molecule has 1 N–H and O–H groups in total. The third-order valence-corrected chi connectivity index (χ3v) is 2.76. The lowest BCUT2D eigenvalue weighted by molar-refractivity contribution is -0.158. The van der Waals surface area contributed by atoms with E-state index in [1.165, 1.54) is 18.9 Å². The Morgan fingerprint density at radius 3 is 2.14 bits per heavy atom. The number of carbonyl (C=O) groups excluding carboxylic acids is 1. The van der Waals surface area contributed by atoms with Gasteiger partial charge in [0.05, 0.1) is 0 Å². The third-order valence-electron chi connectivity index (χ3n) is 2.76. The number of carboxylic acids is 1. The zero-order valence-electron chi connectivity index (χ0n) is 9.07. The lowest BCUT2D eigenvalue weighted by Gasteiger charge is -2.37. The zero-order chi connectivity index (χ0) is 11.5. The van der Waals surface area contributed by atoms with E-state index in [-0.39, 0.29) is 11.8 Å². The van der Waals surface area contributed by atoms with Crippen molar-refractivity contribution in [1.29, 1.82) is 0 Å². The molecule has 0 heterocycles. The number of rotatable bonds is 4. The molecule has 0 rings (SSSR count). The minimum absolute atomic E-state index is 0.172. The Kier molecular flexibility index (Phi) is 3.86. The molecule has 4 heteroatoms. The number of amides is 1. The average Bonchev–Trinajstić information content (AvgIpc) is 2.13. The molecular formula is C10H17NO3. The van der Waals surface area contributed by atoms with Crippen molar-refractivity contribution in [2.24, 2.45) is 5.92 Å². The lowest BCUT2D eigenvalue weighted by atomic mass is 9.87. The molecule has 0 bridgehead atoms. The van der Waals surface area contributed by atoms with E-state index in [0.29, 0.717) is 0 Å². The quantitative estimate of drug-likeness (QED) is 0.690. The van der Waals surface area contributed by atoms with Gasteiger partial charge in [-0.3, -0.25) is 4.79 Å². The fourth-order valence-electron chi connectivity index (χ4n) is 1.14. The summed E-state index contributed by atoms with van der Waals surface area (Å²) in [6.07, 6.45) is 1.11. The summed E-state index contributed by atoms with van der Waals surface area (Å²) in [4.78, 5) is 23.6. The number of likely N-dealkylation sites (N-methyl/N-ethyl adjacent to an activating group) is 1. The topological polar surface area (TPSA) is 57.6 Å². The van der Waals surface area contributed by atoms with Crippen LogP contribution in [0.15, 0.2) is 12.7 Å². The molecule has 0 spiro atoms. The highest BCUT2D eigenvalue weighted by Gasteiger charge is 2.42. The summed E-state index contributed by atoms with van der Waals surface area (Å²) in [7, 11) is 1.47. The predicted molar refractivity (Wildman–Crippen MR) is 53.8 cm³/mol. The maximum Gasteiger partial charge on any atom is 0.329 e. The lowest BCUT2D eigenvalue weighted by Crippen LogP contribution is -2.56. The van der Waals surface area contributed by atoms with Gasteiger partial charge < -0.3 is 10.0 Å². The van der Waals surface area contributed by atoms with Gasteiger partial charge in [-0.2, -0.15) is 0 Å². The van der Waals surface area contributed by atoms with Crippen molar-refractivity contribution in [1.82, 2.24) is 4.90 Å². The van der Waals surface area contributed by atoms with Crippen molar-refractivity contribution >= 4 is 11.9 Å². The first-order valence-corrected chi connectivity index (χ1v) is 4.42. The molecule has 1 amide bonds. The first-order chi connectivity index (χ1) is 6.28. The van der Waals surface area contributed by atoms with E-state index in [4.69, 9.17) is 5.11 Å². The van der Waals surface area contributed by atoms with Gasteiger partial charge >= 0.3 is 5.97 Å². The van der Waals surface area contributed by atoms with Gasteiger partial charge in [0.1, 0.15) is 5.54 Å². The Morgan fingerprint density at radius 2 is 1.93 bits per heavy atom. The molecule has 0 unspecified atom stereocenters. The molecule has 0 aromatic rings. The number of nitrogens with zero attached hydrogens (tertiary/aromatic N) is 1. The van der Waals surface area contributed by atoms with Crippen LogP contribution in [0, 0.1) is 5.92 Å². The van der Waals surface area contributed by atoms with Crippen LogP contribution in [-0.2, 0) is 9.59 Å². The maximum absolute atomic E-state index is 11.3. The Hall–Kier alpha value is -1.32. The Labute approximate surface area is 84.2 Å². The van der Waals surface area contributed by atoms with Gasteiger partial charge in [-0.05, 0) is 18.9 Å². The SMILES string of the molecule is C=CC(=O)N(C)[C@](C)(C(=O)O)C(C)C. The van der Waals surface area contributed by atoms with Crippen LogP contribution in [0.2, 0.25) is 0 Å². The number of carboxylic acid groups (broad SMARTS) is 1. The van der Waals surface area contributed by atoms with Gasteiger partial charge in [0.25, 0.3) is 0 Å². The molecule has 0 saturated carbocycles. The van der Waals surface area contributed by atoms with E-state index >= 15 is 0 Å². The number of hydrogen-bond donors (Lipinski definition) is 1. The summed E-state index contributed by atoms with van der Waals surface area (Å²) >= 11 is 0. The van der Waals surface area contributed by atoms with Gasteiger partial charge in [0.2, 0.25) is 5.91 Å². The van der Waals surface area contributed by atoms with E-state index in [1.807, 2.05) is 0 Å². The smallest absolute Gasteiger partial charge is 0.329 e. The molecule has 0 radical (unpaired) electrons. The monoisotopic (exact) mass is 199 g/mol. The van der Waals surface area contributed by atoms with Crippen LogP contribution < -0.4 is 0 Å². The summed E-state index contributed by atoms with van der Waals surface area (Å²) in [6, 6.07) is 0. The van der Waals surface area contributed by atoms with Crippen LogP contribution in [0.1, 0.15) is 20.8 Å². The molecule has 0 aliphatic carbocycles. The Bertz CT molecular complexity index is 260. The highest BCUT2D eigenvalue weighted by atomic mass is 16.4. The standard InChI is InChI=1S/C10H17NO3/c1-6-8(12)11(5)10(4,7(2)3)9(13)14/h6-7H,1H2,2-5H3,(H,13,14)/t10-/m0/s1. The van der Waals surface area contributed by atoms with Crippen LogP contribution in [-0.4, -0.2) is 34.5 Å². The second-order valence-corrected chi connectivity index (χ2v) is 3.71. The molecule has 4 nitrogen and oxygen atoms in total. The van der Waals surface area contributed by atoms with Crippen LogP contribution in [0.4, 0.5) is 0 Å². The Morgan fingerprint density at radius 1 is 1.50 bits per heavy atom. The predicted octanol–water partition coefficient (Wildman–Crippen LogP) is 1.13. The Balaban J connectivity index is 5.11. The van der Waals surface area contributed by atoms with Crippen molar-refractivity contribution in [3.05, 3.63) is 12.7 Å². The first-order valence-electron chi connectivity index (χ1n) is 4.42. The van der Waals surface area contributed by atoms with Crippen LogP contribution >= 0.6 is 0 Å². The van der Waals surface area contributed by atoms with Crippen molar-refractivity contribution in [3.63, 3.8) is 0 Å². The van der Waals surface area contributed by atoms with Gasteiger partial charge in [0.15, 0.2) is 0 Å². The van der Waals surface area contributed by atoms with E-state index in [1.54, 1.807) is 13.8 Å². The van der Waals surface area contributed by atoms with Crippen LogP contribution in [0.3, 0.4) is 0 Å². The second-order valence-electron chi connectivity index (χ2n) is 3.71. The molecular weight excluding hydrogens is 182 g/mol. The van der Waals surface area contributed by atoms with Crippen molar-refractivity contribution in [2.45, 2.75) is 26.3 Å². The number of hydrogen-bond acceptors (Lipinski definition) is 2. The summed E-state index contributed by atoms with van der Waals surface area (Å²) in [5, 5.41) is 9.09. The highest BCUT2D eigenvalue weighted by molar-refractivity contribution is 5.92. The molecule has 0 aliphatic rings. The van der Waals surface area contributed by atoms with Crippen LogP contribution in [0.5, 0.6) is 0 Å². The highest BCUT2D eigenvalue weighted by Crippen LogP contribution is 2.23. The first kappa shape index (κ1) is 12.7. The average molecular weight is 199 g/mol. The zero-order valence-corrected chi connectivity index (χ0v) is 9.07. The molecule has 0 aromatic carbocycles. The molecule has 1 atom stereocenters. The summed E-state index contributed by atoms with van der Waals surface area (Å²) in [5.41, 5.74) is -1.19. The van der Waals surface area contributed by atoms with E-state index in [9.17, 15) is 9.59 Å². The van der Waals surface area contributed by atoms with E-state index in [0.717, 1.165) is 6.08 Å². The number of carbonyl (C=O) groups is 2. The number of aliphatic carboxylic acids is 1. The van der Waals surface area contributed by atoms with Crippen molar-refractivity contribution < 1.29 is 14.7 Å². The van der Waals surface area contributed by atoms with Gasteiger partial charge in [-0.1, -0.05) is 20.4 Å². The van der Waals surface area contributed by atoms with Crippen molar-refractivity contribution in [2.75, 3.05) is 7.05 Å². The largest absolute Gasteiger partial charge is 0.479 e. The summed E-state index contributed by atoms with van der Waals surface area (Å²) in [5.74, 6) is -1.57. The van der Waals surface area contributed by atoms with E-state index in [2.05, 4.69) is 6.58 Å². The maximum atomic E-state index is 11.3. The third kappa shape index (κ3) is 1.95. The van der Waals surface area contributed by atoms with Gasteiger partial charge in [0, 0.05) is 7.05 Å². The molecule has 0 fully saturated rings. The minimum atomic E-state index is -1.19. The molecule has 14 heavy (non-hydrogen) atoms. The molecule has 0 aliphatic heterocycles. The summed E-state index contributed by atoms with van der Waals surface area (Å²) < 4.78 is 0. The van der Waals surface area contributed by atoms with Gasteiger partial charge in [-0.25, -0.2) is 4.79 Å². The normalized spacial score (nSPS) is 14.6. The minimum Gasteiger partial charge on any atom is -0.479 e. The molecule has 80 valence electrons. The second kappa shape index (κ2) is 4.26. The molecule has 0 saturated heterocycles. The summed E-state index contributed by atoms with van der Waals surface area (Å²) in [6.45, 7) is 8.39. The van der Waals surface area contributed by atoms with Gasteiger partial charge in [-0.15, -0.1) is 0 Å². The fourth-order valence-corrected chi connectivity index (χ4v) is 1.14. The van der Waals surface area contributed by atoms with Crippen LogP contribution in [0.25, 0.3) is 0 Å². The fraction of sp³-hybridized carbons (Fsp3) is 0.600. The van der Waals surface area contributed by atoms with Crippen molar-refractivity contribution in [3.8, 4) is 0 Å².